The Bertz CT molecular complexity index is 292. The van der Waals surface area contributed by atoms with Crippen LogP contribution in [0.1, 0.15) is 46.0 Å². The van der Waals surface area contributed by atoms with Crippen molar-refractivity contribution in [2.45, 2.75) is 63.6 Å². The summed E-state index contributed by atoms with van der Waals surface area (Å²) in [5, 5.41) is 3.48. The Morgan fingerprint density at radius 1 is 1.44 bits per heavy atom. The van der Waals surface area contributed by atoms with Crippen molar-refractivity contribution in [2.24, 2.45) is 0 Å². The van der Waals surface area contributed by atoms with Crippen LogP contribution in [0.3, 0.4) is 0 Å². The molecule has 0 spiro atoms. The van der Waals surface area contributed by atoms with Crippen molar-refractivity contribution in [1.82, 2.24) is 10.2 Å². The molecule has 104 valence electrons. The Kier molecular flexibility index (Phi) is 4.28. The maximum absolute atomic E-state index is 12.7. The van der Waals surface area contributed by atoms with Gasteiger partial charge in [-0.3, -0.25) is 4.79 Å². The molecule has 2 unspecified atom stereocenters. The summed E-state index contributed by atoms with van der Waals surface area (Å²) in [6.45, 7) is 5.86. The lowest BCUT2D eigenvalue weighted by atomic mass is 10.0. The van der Waals surface area contributed by atoms with E-state index in [4.69, 9.17) is 4.74 Å². The largest absolute Gasteiger partial charge is 0.369 e. The van der Waals surface area contributed by atoms with Crippen LogP contribution >= 0.6 is 0 Å². The molecule has 1 saturated carbocycles. The summed E-state index contributed by atoms with van der Waals surface area (Å²) in [5.74, 6) is 0.170. The predicted molar refractivity (Wildman–Crippen MR) is 71.5 cm³/mol. The molecule has 0 aromatic heterocycles. The molecule has 4 nitrogen and oxygen atoms in total. The average Bonchev–Trinajstić information content (AvgIpc) is 3.11. The van der Waals surface area contributed by atoms with Gasteiger partial charge in [-0.25, -0.2) is 0 Å². The standard InChI is InChI=1S/C14H26N2O2/c1-4-14(2,18-3)13(17)16(12-7-8-12)10-11-6-5-9-15-11/h11-12,15H,4-10H2,1-3H3. The van der Waals surface area contributed by atoms with Crippen LogP contribution < -0.4 is 5.32 Å². The molecule has 0 aromatic rings. The molecule has 1 aliphatic carbocycles. The third-order valence-electron chi connectivity index (χ3n) is 4.41. The SMILES string of the molecule is CCC(C)(OC)C(=O)N(CC1CCCN1)C1CC1. The van der Waals surface area contributed by atoms with Gasteiger partial charge in [-0.15, -0.1) is 0 Å². The summed E-state index contributed by atoms with van der Waals surface area (Å²) in [4.78, 5) is 14.7. The van der Waals surface area contributed by atoms with Gasteiger partial charge in [-0.05, 0) is 45.6 Å². The van der Waals surface area contributed by atoms with E-state index in [1.54, 1.807) is 7.11 Å². The zero-order valence-electron chi connectivity index (χ0n) is 11.9. The summed E-state index contributed by atoms with van der Waals surface area (Å²) < 4.78 is 5.46. The minimum Gasteiger partial charge on any atom is -0.369 e. The van der Waals surface area contributed by atoms with E-state index >= 15 is 0 Å². The molecule has 1 aliphatic heterocycles. The molecule has 0 radical (unpaired) electrons. The number of nitrogens with one attached hydrogen (secondary N) is 1. The summed E-state index contributed by atoms with van der Waals surface area (Å²) in [5.41, 5.74) is -0.652. The summed E-state index contributed by atoms with van der Waals surface area (Å²) in [6.07, 6.45) is 5.45. The van der Waals surface area contributed by atoms with Crippen molar-refractivity contribution in [3.63, 3.8) is 0 Å². The van der Waals surface area contributed by atoms with Crippen LogP contribution in [0.5, 0.6) is 0 Å². The summed E-state index contributed by atoms with van der Waals surface area (Å²) in [6, 6.07) is 0.938. The van der Waals surface area contributed by atoms with Crippen molar-refractivity contribution in [1.29, 1.82) is 0 Å². The van der Waals surface area contributed by atoms with E-state index in [0.29, 0.717) is 12.1 Å². The van der Waals surface area contributed by atoms with Crippen LogP contribution in [0.15, 0.2) is 0 Å². The Morgan fingerprint density at radius 2 is 2.17 bits per heavy atom. The first kappa shape index (κ1) is 13.8. The minimum atomic E-state index is -0.652. The van der Waals surface area contributed by atoms with Gasteiger partial charge >= 0.3 is 0 Å². The molecule has 0 aromatic carbocycles. The number of carbonyl (C=O) groups is 1. The molecule has 2 fully saturated rings. The van der Waals surface area contributed by atoms with Gasteiger partial charge in [0.2, 0.25) is 0 Å². The average molecular weight is 254 g/mol. The third-order valence-corrected chi connectivity index (χ3v) is 4.41. The first-order chi connectivity index (χ1) is 8.60. The Morgan fingerprint density at radius 3 is 2.61 bits per heavy atom. The summed E-state index contributed by atoms with van der Waals surface area (Å²) in [7, 11) is 1.64. The first-order valence-corrected chi connectivity index (χ1v) is 7.20. The van der Waals surface area contributed by atoms with E-state index in [9.17, 15) is 4.79 Å². The van der Waals surface area contributed by atoms with Crippen LogP contribution in [0.4, 0.5) is 0 Å². The van der Waals surface area contributed by atoms with E-state index in [-0.39, 0.29) is 5.91 Å². The third kappa shape index (κ3) is 2.86. The number of nitrogens with zero attached hydrogens (tertiary/aromatic N) is 1. The molecule has 1 N–H and O–H groups in total. The lowest BCUT2D eigenvalue weighted by Crippen LogP contribution is -2.52. The van der Waals surface area contributed by atoms with Gasteiger partial charge < -0.3 is 15.0 Å². The molecule has 2 atom stereocenters. The van der Waals surface area contributed by atoms with E-state index in [1.165, 1.54) is 12.8 Å². The fourth-order valence-corrected chi connectivity index (χ4v) is 2.62. The van der Waals surface area contributed by atoms with Crippen LogP contribution in [-0.2, 0) is 9.53 Å². The molecule has 2 rings (SSSR count). The molecular weight excluding hydrogens is 228 g/mol. The van der Waals surface area contributed by atoms with Gasteiger partial charge in [-0.1, -0.05) is 6.92 Å². The molecule has 4 heteroatoms. The second-order valence-corrected chi connectivity index (χ2v) is 5.77. The Balaban J connectivity index is 2.02. The monoisotopic (exact) mass is 254 g/mol. The molecule has 18 heavy (non-hydrogen) atoms. The van der Waals surface area contributed by atoms with Gasteiger partial charge in [0.05, 0.1) is 0 Å². The lowest BCUT2D eigenvalue weighted by Gasteiger charge is -2.34. The highest BCUT2D eigenvalue weighted by Crippen LogP contribution is 2.31. The van der Waals surface area contributed by atoms with E-state index in [1.807, 2.05) is 13.8 Å². The minimum absolute atomic E-state index is 0.170. The maximum Gasteiger partial charge on any atom is 0.254 e. The fraction of sp³-hybridized carbons (Fsp3) is 0.929. The number of methoxy groups -OCH3 is 1. The Hall–Kier alpha value is -0.610. The number of ether oxygens (including phenoxy) is 1. The second kappa shape index (κ2) is 5.57. The smallest absolute Gasteiger partial charge is 0.254 e. The highest BCUT2D eigenvalue weighted by molar-refractivity contribution is 5.85. The second-order valence-electron chi connectivity index (χ2n) is 5.77. The van der Waals surface area contributed by atoms with Gasteiger partial charge in [0, 0.05) is 25.7 Å². The molecule has 2 aliphatic rings. The topological polar surface area (TPSA) is 41.6 Å². The molecular formula is C14H26N2O2. The number of amides is 1. The van der Waals surface area contributed by atoms with Crippen molar-refractivity contribution in [3.05, 3.63) is 0 Å². The van der Waals surface area contributed by atoms with Crippen molar-refractivity contribution >= 4 is 5.91 Å². The molecule has 1 saturated heterocycles. The number of hydrogen-bond acceptors (Lipinski definition) is 3. The molecule has 0 bridgehead atoms. The fourth-order valence-electron chi connectivity index (χ4n) is 2.62. The predicted octanol–water partition coefficient (Wildman–Crippen LogP) is 1.54. The molecule has 1 heterocycles. The van der Waals surface area contributed by atoms with Crippen molar-refractivity contribution in [3.8, 4) is 0 Å². The zero-order valence-corrected chi connectivity index (χ0v) is 11.9. The van der Waals surface area contributed by atoms with Crippen LogP contribution in [0.25, 0.3) is 0 Å². The van der Waals surface area contributed by atoms with Crippen molar-refractivity contribution < 1.29 is 9.53 Å². The van der Waals surface area contributed by atoms with Gasteiger partial charge in [-0.2, -0.15) is 0 Å². The summed E-state index contributed by atoms with van der Waals surface area (Å²) >= 11 is 0. The van der Waals surface area contributed by atoms with E-state index in [0.717, 1.165) is 32.4 Å². The molecule has 1 amide bonds. The normalized spacial score (nSPS) is 26.9. The van der Waals surface area contributed by atoms with Gasteiger partial charge in [0.25, 0.3) is 5.91 Å². The highest BCUT2D eigenvalue weighted by Gasteiger charge is 2.42. The van der Waals surface area contributed by atoms with Gasteiger partial charge in [0.15, 0.2) is 0 Å². The number of hydrogen-bond donors (Lipinski definition) is 1. The lowest BCUT2D eigenvalue weighted by molar-refractivity contribution is -0.154. The van der Waals surface area contributed by atoms with Crippen LogP contribution in [0.2, 0.25) is 0 Å². The van der Waals surface area contributed by atoms with E-state index < -0.39 is 5.60 Å². The number of carbonyl (C=O) groups excluding carboxylic acids is 1. The highest BCUT2D eigenvalue weighted by atomic mass is 16.5. The van der Waals surface area contributed by atoms with Crippen LogP contribution in [-0.4, -0.2) is 48.7 Å². The maximum atomic E-state index is 12.7. The van der Waals surface area contributed by atoms with E-state index in [2.05, 4.69) is 10.2 Å². The quantitative estimate of drug-likeness (QED) is 0.782. The Labute approximate surface area is 110 Å². The zero-order chi connectivity index (χ0) is 13.2. The van der Waals surface area contributed by atoms with Crippen LogP contribution in [0, 0.1) is 0 Å². The van der Waals surface area contributed by atoms with Gasteiger partial charge in [0.1, 0.15) is 5.60 Å². The van der Waals surface area contributed by atoms with Crippen molar-refractivity contribution in [2.75, 3.05) is 20.2 Å². The first-order valence-electron chi connectivity index (χ1n) is 7.20. The number of rotatable bonds is 6.